The SMILES string of the molecule is CCCOc1cccc([C@H]2/C(=C(\O)c3ccc4c(c3)C[C@@H](C)O4)C(=O)C(=O)N2c2nc(C)c(C(=O)OCC)s2)c1. The van der Waals surface area contributed by atoms with Crippen LogP contribution in [0.25, 0.3) is 5.76 Å². The lowest BCUT2D eigenvalue weighted by molar-refractivity contribution is -0.132. The second-order valence-corrected chi connectivity index (χ2v) is 10.7. The molecule has 2 aliphatic heterocycles. The van der Waals surface area contributed by atoms with E-state index in [4.69, 9.17) is 14.2 Å². The van der Waals surface area contributed by atoms with Gasteiger partial charge >= 0.3 is 11.9 Å². The summed E-state index contributed by atoms with van der Waals surface area (Å²) in [4.78, 5) is 45.6. The summed E-state index contributed by atoms with van der Waals surface area (Å²) in [6, 6.07) is 11.3. The van der Waals surface area contributed by atoms with Gasteiger partial charge in [-0.15, -0.1) is 0 Å². The fourth-order valence-electron chi connectivity index (χ4n) is 4.94. The molecule has 3 aromatic rings. The molecule has 1 N–H and O–H groups in total. The number of anilines is 1. The van der Waals surface area contributed by atoms with E-state index in [1.165, 1.54) is 4.90 Å². The molecule has 0 spiro atoms. The van der Waals surface area contributed by atoms with Crippen LogP contribution in [0, 0.1) is 6.92 Å². The number of aliphatic hydroxyl groups excluding tert-OH is 1. The summed E-state index contributed by atoms with van der Waals surface area (Å²) < 4.78 is 16.7. The molecule has 208 valence electrons. The summed E-state index contributed by atoms with van der Waals surface area (Å²) in [5, 5.41) is 11.7. The quantitative estimate of drug-likeness (QED) is 0.169. The maximum Gasteiger partial charge on any atom is 0.350 e. The fourth-order valence-corrected chi connectivity index (χ4v) is 5.92. The highest BCUT2D eigenvalue weighted by Gasteiger charge is 2.48. The number of carbonyl (C=O) groups is 3. The van der Waals surface area contributed by atoms with Crippen molar-refractivity contribution in [1.82, 2.24) is 4.98 Å². The highest BCUT2D eigenvalue weighted by molar-refractivity contribution is 7.17. The first-order valence-electron chi connectivity index (χ1n) is 13.2. The van der Waals surface area contributed by atoms with Crippen molar-refractivity contribution in [2.75, 3.05) is 18.1 Å². The van der Waals surface area contributed by atoms with Gasteiger partial charge in [-0.25, -0.2) is 9.78 Å². The van der Waals surface area contributed by atoms with Crippen LogP contribution in [-0.2, 0) is 20.7 Å². The van der Waals surface area contributed by atoms with E-state index in [0.717, 1.165) is 29.1 Å². The van der Waals surface area contributed by atoms with Gasteiger partial charge in [0.2, 0.25) is 0 Å². The van der Waals surface area contributed by atoms with E-state index in [1.807, 2.05) is 13.8 Å². The molecule has 0 saturated carbocycles. The largest absolute Gasteiger partial charge is 0.507 e. The molecule has 0 radical (unpaired) electrons. The molecule has 0 bridgehead atoms. The lowest BCUT2D eigenvalue weighted by Gasteiger charge is -2.23. The minimum atomic E-state index is -1.01. The van der Waals surface area contributed by atoms with Crippen LogP contribution in [0.1, 0.15) is 65.3 Å². The normalized spacial score (nSPS) is 19.4. The number of aliphatic hydroxyl groups is 1. The maximum absolute atomic E-state index is 13.6. The zero-order chi connectivity index (χ0) is 28.6. The number of aryl methyl sites for hydroxylation is 1. The number of ether oxygens (including phenoxy) is 3. The van der Waals surface area contributed by atoms with Crippen LogP contribution >= 0.6 is 11.3 Å². The number of carbonyl (C=O) groups excluding carboxylic acids is 3. The van der Waals surface area contributed by atoms with Gasteiger partial charge in [0.05, 0.1) is 30.5 Å². The number of benzene rings is 2. The van der Waals surface area contributed by atoms with Gasteiger partial charge in [0, 0.05) is 12.0 Å². The van der Waals surface area contributed by atoms with Crippen molar-refractivity contribution < 1.29 is 33.7 Å². The average molecular weight is 563 g/mol. The van der Waals surface area contributed by atoms with E-state index in [-0.39, 0.29) is 34.1 Å². The molecule has 2 aliphatic rings. The van der Waals surface area contributed by atoms with Crippen molar-refractivity contribution in [3.05, 3.63) is 75.3 Å². The number of esters is 1. The van der Waals surface area contributed by atoms with Crippen LogP contribution in [0.4, 0.5) is 5.13 Å². The molecule has 5 rings (SSSR count). The third kappa shape index (κ3) is 4.95. The highest BCUT2D eigenvalue weighted by Crippen LogP contribution is 2.45. The van der Waals surface area contributed by atoms with Gasteiger partial charge in [-0.1, -0.05) is 30.4 Å². The molecule has 9 nitrogen and oxygen atoms in total. The van der Waals surface area contributed by atoms with E-state index >= 15 is 0 Å². The Bertz CT molecular complexity index is 1530. The number of fused-ring (bicyclic) bond motifs is 1. The Hall–Kier alpha value is -4.18. The summed E-state index contributed by atoms with van der Waals surface area (Å²) >= 11 is 0.968. The number of hydrogen-bond acceptors (Lipinski definition) is 9. The van der Waals surface area contributed by atoms with E-state index < -0.39 is 23.7 Å². The molecule has 40 heavy (non-hydrogen) atoms. The van der Waals surface area contributed by atoms with Crippen molar-refractivity contribution >= 4 is 39.9 Å². The van der Waals surface area contributed by atoms with Crippen LogP contribution in [0.3, 0.4) is 0 Å². The van der Waals surface area contributed by atoms with Crippen molar-refractivity contribution in [1.29, 1.82) is 0 Å². The van der Waals surface area contributed by atoms with E-state index in [2.05, 4.69) is 4.98 Å². The molecule has 0 unspecified atom stereocenters. The minimum Gasteiger partial charge on any atom is -0.507 e. The molecular weight excluding hydrogens is 532 g/mol. The molecule has 2 atom stereocenters. The number of amides is 1. The molecular formula is C30H30N2O7S. The predicted molar refractivity (Wildman–Crippen MR) is 150 cm³/mol. The monoisotopic (exact) mass is 562 g/mol. The highest BCUT2D eigenvalue weighted by atomic mass is 32.1. The topological polar surface area (TPSA) is 115 Å². The summed E-state index contributed by atoms with van der Waals surface area (Å²) in [7, 11) is 0. The van der Waals surface area contributed by atoms with Crippen LogP contribution < -0.4 is 14.4 Å². The van der Waals surface area contributed by atoms with Gasteiger partial charge in [0.25, 0.3) is 5.78 Å². The van der Waals surface area contributed by atoms with Crippen LogP contribution in [0.2, 0.25) is 0 Å². The number of rotatable bonds is 8. The van der Waals surface area contributed by atoms with Crippen LogP contribution in [0.5, 0.6) is 11.5 Å². The van der Waals surface area contributed by atoms with Gasteiger partial charge in [0.1, 0.15) is 28.2 Å². The van der Waals surface area contributed by atoms with Crippen molar-refractivity contribution in [2.45, 2.75) is 52.7 Å². The Morgan fingerprint density at radius 3 is 2.75 bits per heavy atom. The van der Waals surface area contributed by atoms with E-state index in [9.17, 15) is 19.5 Å². The summed E-state index contributed by atoms with van der Waals surface area (Å²) in [6.07, 6.45) is 1.48. The van der Waals surface area contributed by atoms with Crippen LogP contribution in [0.15, 0.2) is 48.0 Å². The lowest BCUT2D eigenvalue weighted by Crippen LogP contribution is -2.29. The molecule has 1 amide bonds. The summed E-state index contributed by atoms with van der Waals surface area (Å²) in [5.74, 6) is -1.26. The first-order chi connectivity index (χ1) is 19.2. The fraction of sp³-hybridized carbons (Fsp3) is 0.333. The standard InChI is InChI=1S/C30H30N2O7S/c1-5-12-38-21-9-7-8-18(15-21)24-23(25(33)19-10-11-22-20(14-19)13-16(3)39-22)26(34)28(35)32(24)30-31-17(4)27(40-30)29(36)37-6-2/h7-11,14-16,24,33H,5-6,12-13H2,1-4H3/b25-23+/t16-,24+/m1/s1. The summed E-state index contributed by atoms with van der Waals surface area (Å²) in [6.45, 7) is 7.98. The van der Waals surface area contributed by atoms with E-state index in [1.54, 1.807) is 56.3 Å². The number of aromatic nitrogens is 1. The zero-order valence-electron chi connectivity index (χ0n) is 22.7. The summed E-state index contributed by atoms with van der Waals surface area (Å²) in [5.41, 5.74) is 2.17. The molecule has 10 heteroatoms. The van der Waals surface area contributed by atoms with Crippen molar-refractivity contribution in [3.63, 3.8) is 0 Å². The van der Waals surface area contributed by atoms with Gasteiger partial charge in [-0.2, -0.15) is 0 Å². The maximum atomic E-state index is 13.6. The Kier molecular flexibility index (Phi) is 7.62. The number of Topliss-reactive ketones (excluding diaryl/α,β-unsaturated/α-hetero) is 1. The Morgan fingerprint density at radius 2 is 2.00 bits per heavy atom. The minimum absolute atomic E-state index is 0.00516. The number of hydrogen-bond donors (Lipinski definition) is 1. The Morgan fingerprint density at radius 1 is 1.20 bits per heavy atom. The van der Waals surface area contributed by atoms with Gasteiger partial charge in [-0.05, 0) is 68.7 Å². The molecule has 1 saturated heterocycles. The number of ketones is 1. The van der Waals surface area contributed by atoms with Gasteiger partial charge in [0.15, 0.2) is 5.13 Å². The van der Waals surface area contributed by atoms with Crippen molar-refractivity contribution in [3.8, 4) is 11.5 Å². The second-order valence-electron chi connectivity index (χ2n) is 9.68. The third-order valence-electron chi connectivity index (χ3n) is 6.71. The second kappa shape index (κ2) is 11.1. The van der Waals surface area contributed by atoms with Gasteiger partial charge < -0.3 is 19.3 Å². The third-order valence-corrected chi connectivity index (χ3v) is 7.85. The zero-order valence-corrected chi connectivity index (χ0v) is 23.5. The average Bonchev–Trinajstić information content (AvgIpc) is 3.59. The Balaban J connectivity index is 1.66. The van der Waals surface area contributed by atoms with Gasteiger partial charge in [-0.3, -0.25) is 14.5 Å². The van der Waals surface area contributed by atoms with E-state index in [0.29, 0.717) is 35.6 Å². The first kappa shape index (κ1) is 27.4. The Labute approximate surface area is 236 Å². The molecule has 1 aromatic heterocycles. The number of nitrogens with zero attached hydrogens (tertiary/aromatic N) is 2. The lowest BCUT2D eigenvalue weighted by atomic mass is 9.94. The molecule has 0 aliphatic carbocycles. The molecule has 3 heterocycles. The van der Waals surface area contributed by atoms with Crippen LogP contribution in [-0.4, -0.2) is 47.1 Å². The number of thiazole rings is 1. The predicted octanol–water partition coefficient (Wildman–Crippen LogP) is 5.37. The smallest absolute Gasteiger partial charge is 0.350 e. The molecule has 2 aromatic carbocycles. The first-order valence-corrected chi connectivity index (χ1v) is 14.0. The molecule has 1 fully saturated rings. The van der Waals surface area contributed by atoms with Crippen molar-refractivity contribution in [2.24, 2.45) is 0 Å².